The van der Waals surface area contributed by atoms with Crippen LogP contribution < -0.4 is 4.87 Å². The lowest BCUT2D eigenvalue weighted by atomic mass is 10.1. The lowest BCUT2D eigenvalue weighted by molar-refractivity contribution is -0.384. The van der Waals surface area contributed by atoms with Gasteiger partial charge in [-0.25, -0.2) is 0 Å². The highest BCUT2D eigenvalue weighted by atomic mass is 32.1. The number of allylic oxidation sites excluding steroid dienone is 1. The van der Waals surface area contributed by atoms with Gasteiger partial charge in [0, 0.05) is 29.6 Å². The van der Waals surface area contributed by atoms with Gasteiger partial charge in [-0.15, -0.1) is 0 Å². The van der Waals surface area contributed by atoms with Crippen LogP contribution in [0, 0.1) is 10.1 Å². The first kappa shape index (κ1) is 15.0. The van der Waals surface area contributed by atoms with Crippen LogP contribution in [-0.4, -0.2) is 9.49 Å². The van der Waals surface area contributed by atoms with E-state index < -0.39 is 11.0 Å². The average Bonchev–Trinajstić information content (AvgIpc) is 2.80. The van der Waals surface area contributed by atoms with Crippen LogP contribution in [0.3, 0.4) is 0 Å². The number of thiazole rings is 1. The number of hydrogen-bond acceptors (Lipinski definition) is 4. The van der Waals surface area contributed by atoms with E-state index in [4.69, 9.17) is 0 Å². The standard InChI is InChI=1S/C13H10F2N2O3S/c14-12(15)5-2-6-16-11(8-21-13(16)18)9-3-1-4-10(7-9)17(19)20/h1,3-5,7-8H,2,6H2. The Labute approximate surface area is 121 Å². The zero-order valence-electron chi connectivity index (χ0n) is 10.7. The Morgan fingerprint density at radius 2 is 2.19 bits per heavy atom. The van der Waals surface area contributed by atoms with Crippen molar-refractivity contribution in [3.8, 4) is 11.3 Å². The predicted octanol–water partition coefficient (Wildman–Crippen LogP) is 3.66. The van der Waals surface area contributed by atoms with Crippen molar-refractivity contribution >= 4 is 17.0 Å². The van der Waals surface area contributed by atoms with Crippen LogP contribution in [0.15, 0.2) is 46.6 Å². The third-order valence-electron chi connectivity index (χ3n) is 2.79. The number of hydrogen-bond donors (Lipinski definition) is 0. The molecule has 1 aromatic carbocycles. The first-order valence-corrected chi connectivity index (χ1v) is 6.81. The van der Waals surface area contributed by atoms with Gasteiger partial charge >= 0.3 is 4.87 Å². The number of nitro groups is 1. The van der Waals surface area contributed by atoms with Gasteiger partial charge in [-0.1, -0.05) is 23.5 Å². The van der Waals surface area contributed by atoms with Crippen molar-refractivity contribution in [2.75, 3.05) is 0 Å². The summed E-state index contributed by atoms with van der Waals surface area (Å²) in [4.78, 5) is 21.7. The lowest BCUT2D eigenvalue weighted by Crippen LogP contribution is -2.14. The third kappa shape index (κ3) is 3.60. The zero-order chi connectivity index (χ0) is 15.4. The maximum Gasteiger partial charge on any atom is 0.307 e. The van der Waals surface area contributed by atoms with Gasteiger partial charge in [0.05, 0.1) is 10.6 Å². The van der Waals surface area contributed by atoms with E-state index in [1.807, 2.05) is 0 Å². The number of non-ortho nitro benzene ring substituents is 1. The van der Waals surface area contributed by atoms with Crippen LogP contribution >= 0.6 is 11.3 Å². The Morgan fingerprint density at radius 3 is 2.86 bits per heavy atom. The van der Waals surface area contributed by atoms with E-state index in [9.17, 15) is 23.7 Å². The van der Waals surface area contributed by atoms with E-state index in [1.165, 1.54) is 22.8 Å². The van der Waals surface area contributed by atoms with Crippen LogP contribution in [-0.2, 0) is 6.54 Å². The van der Waals surface area contributed by atoms with Gasteiger partial charge in [-0.05, 0) is 12.5 Å². The summed E-state index contributed by atoms with van der Waals surface area (Å²) < 4.78 is 25.4. The van der Waals surface area contributed by atoms with Crippen molar-refractivity contribution in [1.82, 2.24) is 4.57 Å². The summed E-state index contributed by atoms with van der Waals surface area (Å²) in [7, 11) is 0. The number of rotatable bonds is 5. The molecule has 0 bridgehead atoms. The molecule has 1 heterocycles. The van der Waals surface area contributed by atoms with Gasteiger partial charge in [-0.2, -0.15) is 8.78 Å². The van der Waals surface area contributed by atoms with Crippen LogP contribution in [0.5, 0.6) is 0 Å². The Balaban J connectivity index is 2.36. The highest BCUT2D eigenvalue weighted by Crippen LogP contribution is 2.24. The molecule has 2 rings (SSSR count). The number of aromatic nitrogens is 1. The fourth-order valence-electron chi connectivity index (χ4n) is 1.85. The predicted molar refractivity (Wildman–Crippen MR) is 75.6 cm³/mol. The summed E-state index contributed by atoms with van der Waals surface area (Å²) in [6.07, 6.45) is -1.04. The molecule has 1 aromatic heterocycles. The van der Waals surface area contributed by atoms with Gasteiger partial charge in [0.1, 0.15) is 0 Å². The summed E-state index contributed by atoms with van der Waals surface area (Å²) in [6, 6.07) is 5.85. The third-order valence-corrected chi connectivity index (χ3v) is 3.55. The molecule has 0 unspecified atom stereocenters. The normalized spacial score (nSPS) is 10.4. The van der Waals surface area contributed by atoms with Gasteiger partial charge in [0.15, 0.2) is 0 Å². The molecule has 8 heteroatoms. The first-order valence-electron chi connectivity index (χ1n) is 5.93. The second-order valence-electron chi connectivity index (χ2n) is 4.13. The number of nitrogens with zero attached hydrogens (tertiary/aromatic N) is 2. The van der Waals surface area contributed by atoms with E-state index >= 15 is 0 Å². The summed E-state index contributed by atoms with van der Waals surface area (Å²) >= 11 is 0.928. The van der Waals surface area contributed by atoms with Gasteiger partial charge in [0.25, 0.3) is 11.8 Å². The van der Waals surface area contributed by atoms with Crippen molar-refractivity contribution in [3.63, 3.8) is 0 Å². The second kappa shape index (κ2) is 6.40. The fraction of sp³-hybridized carbons (Fsp3) is 0.154. The SMILES string of the molecule is O=c1scc(-c2cccc([N+](=O)[O-])c2)n1CCC=C(F)F. The minimum atomic E-state index is -1.80. The maximum absolute atomic E-state index is 12.0. The van der Waals surface area contributed by atoms with Crippen LogP contribution in [0.1, 0.15) is 6.42 Å². The second-order valence-corrected chi connectivity index (χ2v) is 4.95. The molecule has 0 atom stereocenters. The molecular weight excluding hydrogens is 302 g/mol. The fourth-order valence-corrected chi connectivity index (χ4v) is 2.64. The molecule has 0 amide bonds. The molecule has 0 radical (unpaired) electrons. The van der Waals surface area contributed by atoms with Crippen molar-refractivity contribution < 1.29 is 13.7 Å². The van der Waals surface area contributed by atoms with E-state index in [0.29, 0.717) is 11.3 Å². The molecule has 0 spiro atoms. The van der Waals surface area contributed by atoms with Crippen molar-refractivity contribution in [2.24, 2.45) is 0 Å². The molecule has 0 saturated heterocycles. The minimum absolute atomic E-state index is 0.0148. The molecule has 0 aliphatic carbocycles. The number of nitro benzene ring substituents is 1. The van der Waals surface area contributed by atoms with Crippen molar-refractivity contribution in [2.45, 2.75) is 13.0 Å². The Bertz CT molecular complexity index is 748. The Hall–Kier alpha value is -2.35. The summed E-state index contributed by atoms with van der Waals surface area (Å²) in [5, 5.41) is 12.3. The molecule has 0 aliphatic rings. The molecular formula is C13H10F2N2O3S. The summed E-state index contributed by atoms with van der Waals surface area (Å²) in [6.45, 7) is 0.0949. The number of halogens is 2. The highest BCUT2D eigenvalue weighted by molar-refractivity contribution is 7.07. The van der Waals surface area contributed by atoms with Crippen LogP contribution in [0.4, 0.5) is 14.5 Å². The molecule has 21 heavy (non-hydrogen) atoms. The molecule has 0 aliphatic heterocycles. The molecule has 5 nitrogen and oxygen atoms in total. The Kier molecular flexibility index (Phi) is 4.59. The summed E-state index contributed by atoms with van der Waals surface area (Å²) in [5.41, 5.74) is 0.904. The molecule has 0 saturated carbocycles. The Morgan fingerprint density at radius 1 is 1.43 bits per heavy atom. The largest absolute Gasteiger partial charge is 0.307 e. The van der Waals surface area contributed by atoms with E-state index in [-0.39, 0.29) is 23.5 Å². The quantitative estimate of drug-likeness (QED) is 0.625. The number of benzene rings is 1. The zero-order valence-corrected chi connectivity index (χ0v) is 11.5. The van der Waals surface area contributed by atoms with Crippen molar-refractivity contribution in [3.05, 3.63) is 61.6 Å². The van der Waals surface area contributed by atoms with E-state index in [2.05, 4.69) is 0 Å². The topological polar surface area (TPSA) is 65.1 Å². The average molecular weight is 312 g/mol. The maximum atomic E-state index is 12.0. The monoisotopic (exact) mass is 312 g/mol. The molecule has 0 N–H and O–H groups in total. The molecule has 110 valence electrons. The van der Waals surface area contributed by atoms with Gasteiger partial charge in [0.2, 0.25) is 0 Å². The van der Waals surface area contributed by atoms with Gasteiger partial charge < -0.3 is 0 Å². The van der Waals surface area contributed by atoms with Crippen molar-refractivity contribution in [1.29, 1.82) is 0 Å². The molecule has 0 fully saturated rings. The van der Waals surface area contributed by atoms with Crippen LogP contribution in [0.25, 0.3) is 11.3 Å². The van der Waals surface area contributed by atoms with Gasteiger partial charge in [-0.3, -0.25) is 19.5 Å². The lowest BCUT2D eigenvalue weighted by Gasteiger charge is -2.06. The van der Waals surface area contributed by atoms with E-state index in [1.54, 1.807) is 11.4 Å². The van der Waals surface area contributed by atoms with E-state index in [0.717, 1.165) is 17.4 Å². The molecule has 2 aromatic rings. The minimum Gasteiger partial charge on any atom is -0.298 e. The smallest absolute Gasteiger partial charge is 0.298 e. The highest BCUT2D eigenvalue weighted by Gasteiger charge is 2.12. The van der Waals surface area contributed by atoms with Crippen LogP contribution in [0.2, 0.25) is 0 Å². The summed E-state index contributed by atoms with van der Waals surface area (Å²) in [5.74, 6) is 0. The first-order chi connectivity index (χ1) is 9.99.